The smallest absolute Gasteiger partial charge is 0.320 e. The maximum Gasteiger partial charge on any atom is 0.320 e. The molecular formula is C20H26O5. The van der Waals surface area contributed by atoms with Crippen molar-refractivity contribution >= 4 is 11.8 Å². The van der Waals surface area contributed by atoms with E-state index in [0.29, 0.717) is 25.2 Å². The summed E-state index contributed by atoms with van der Waals surface area (Å²) >= 11 is 0. The molecule has 25 heavy (non-hydrogen) atoms. The Bertz CT molecular complexity index is 686. The fraction of sp³-hybridized carbons (Fsp3) is 0.800. The van der Waals surface area contributed by atoms with Crippen molar-refractivity contribution in [1.82, 2.24) is 0 Å². The number of aliphatic hydroxyl groups is 1. The van der Waals surface area contributed by atoms with Gasteiger partial charge in [0.15, 0.2) is 12.1 Å². The second-order valence-corrected chi connectivity index (χ2v) is 9.26. The van der Waals surface area contributed by atoms with Crippen molar-refractivity contribution in [3.8, 4) is 0 Å². The number of carbonyl (C=O) groups excluding carboxylic acids is 2. The molecule has 0 radical (unpaired) electrons. The van der Waals surface area contributed by atoms with Gasteiger partial charge in [-0.05, 0) is 49.5 Å². The van der Waals surface area contributed by atoms with E-state index in [1.165, 1.54) is 0 Å². The summed E-state index contributed by atoms with van der Waals surface area (Å²) in [4.78, 5) is 26.0. The molecule has 0 aromatic carbocycles. The molecule has 5 rings (SSSR count). The molecule has 0 aromatic heterocycles. The Kier molecular flexibility index (Phi) is 3.04. The minimum atomic E-state index is -1.02. The van der Waals surface area contributed by atoms with Gasteiger partial charge in [0.25, 0.3) is 0 Å². The van der Waals surface area contributed by atoms with Crippen LogP contribution >= 0.6 is 0 Å². The van der Waals surface area contributed by atoms with Gasteiger partial charge in [0.05, 0.1) is 13.2 Å². The molecule has 2 saturated heterocycles. The van der Waals surface area contributed by atoms with Crippen LogP contribution in [0.3, 0.4) is 0 Å². The number of ketones is 1. The molecule has 3 aliphatic carbocycles. The van der Waals surface area contributed by atoms with E-state index in [0.717, 1.165) is 32.1 Å². The maximum absolute atomic E-state index is 13.1. The molecule has 5 nitrogen and oxygen atoms in total. The lowest BCUT2D eigenvalue weighted by Crippen LogP contribution is -2.63. The molecule has 5 heteroatoms. The highest BCUT2D eigenvalue weighted by Gasteiger charge is 2.73. The lowest BCUT2D eigenvalue weighted by atomic mass is 9.45. The van der Waals surface area contributed by atoms with E-state index in [1.807, 2.05) is 0 Å². The molecule has 0 unspecified atom stereocenters. The van der Waals surface area contributed by atoms with E-state index in [2.05, 4.69) is 13.5 Å². The molecule has 2 aliphatic heterocycles. The van der Waals surface area contributed by atoms with Crippen molar-refractivity contribution in [2.24, 2.45) is 34.0 Å². The number of rotatable bonds is 0. The molecule has 2 spiro atoms. The summed E-state index contributed by atoms with van der Waals surface area (Å²) in [7, 11) is 0. The summed E-state index contributed by atoms with van der Waals surface area (Å²) in [6.07, 6.45) is 4.42. The van der Waals surface area contributed by atoms with E-state index in [1.54, 1.807) is 0 Å². The van der Waals surface area contributed by atoms with E-state index in [9.17, 15) is 14.7 Å². The third-order valence-electron chi connectivity index (χ3n) is 8.52. The molecule has 2 bridgehead atoms. The number of cyclic esters (lactones) is 1. The standard InChI is InChI=1S/C20H26O5/c1-11-12-4-5-13-19(10-25-17(23)20(13,8-12)15(11)21)7-3-6-18(2)14(19)9-24-16(18)22/h12-14,16,22H,1,3-10H2,2H3/t12-,13+,14-,16+,18-,19-,20+/m1/s1. The van der Waals surface area contributed by atoms with Crippen LogP contribution in [0.2, 0.25) is 0 Å². The molecule has 136 valence electrons. The van der Waals surface area contributed by atoms with Crippen LogP contribution in [0.25, 0.3) is 0 Å². The van der Waals surface area contributed by atoms with Crippen molar-refractivity contribution in [2.75, 3.05) is 13.2 Å². The first kappa shape index (κ1) is 16.0. The van der Waals surface area contributed by atoms with E-state index >= 15 is 0 Å². The molecule has 7 atom stereocenters. The lowest BCUT2D eigenvalue weighted by molar-refractivity contribution is -0.213. The average Bonchev–Trinajstić information content (AvgIpc) is 3.01. The number of hydrogen-bond acceptors (Lipinski definition) is 5. The van der Waals surface area contributed by atoms with Gasteiger partial charge in [-0.25, -0.2) is 0 Å². The van der Waals surface area contributed by atoms with Crippen LogP contribution < -0.4 is 0 Å². The minimum Gasteiger partial charge on any atom is -0.464 e. The number of esters is 1. The summed E-state index contributed by atoms with van der Waals surface area (Å²) < 4.78 is 11.4. The van der Waals surface area contributed by atoms with Crippen LogP contribution in [-0.4, -0.2) is 36.4 Å². The Morgan fingerprint density at radius 2 is 2.00 bits per heavy atom. The number of ether oxygens (including phenoxy) is 2. The third-order valence-corrected chi connectivity index (χ3v) is 8.52. The van der Waals surface area contributed by atoms with Crippen LogP contribution in [0.5, 0.6) is 0 Å². The number of allylic oxidation sites excluding steroid dienone is 1. The van der Waals surface area contributed by atoms with Crippen molar-refractivity contribution in [3.05, 3.63) is 12.2 Å². The van der Waals surface area contributed by atoms with Gasteiger partial charge < -0.3 is 14.6 Å². The summed E-state index contributed by atoms with van der Waals surface area (Å²) in [5.41, 5.74) is -0.982. The number of hydrogen-bond donors (Lipinski definition) is 1. The van der Waals surface area contributed by atoms with Crippen molar-refractivity contribution < 1.29 is 24.2 Å². The van der Waals surface area contributed by atoms with Crippen molar-refractivity contribution in [3.63, 3.8) is 0 Å². The van der Waals surface area contributed by atoms with Crippen LogP contribution in [0, 0.1) is 34.0 Å². The van der Waals surface area contributed by atoms with Crippen LogP contribution in [0.1, 0.15) is 45.4 Å². The molecule has 5 aliphatic rings. The highest BCUT2D eigenvalue weighted by atomic mass is 16.6. The van der Waals surface area contributed by atoms with Gasteiger partial charge in [0.1, 0.15) is 5.41 Å². The van der Waals surface area contributed by atoms with Gasteiger partial charge >= 0.3 is 5.97 Å². The predicted octanol–water partition coefficient (Wildman–Crippen LogP) is 2.23. The molecule has 0 aromatic rings. The Labute approximate surface area is 147 Å². The molecule has 0 amide bonds. The highest BCUT2D eigenvalue weighted by Crippen LogP contribution is 2.69. The normalized spacial score (nSPS) is 54.4. The van der Waals surface area contributed by atoms with Gasteiger partial charge in [0.2, 0.25) is 0 Å². The number of aliphatic hydroxyl groups excluding tert-OH is 1. The van der Waals surface area contributed by atoms with Crippen LogP contribution in [-0.2, 0) is 19.1 Å². The second kappa shape index (κ2) is 4.74. The molecular weight excluding hydrogens is 320 g/mol. The second-order valence-electron chi connectivity index (χ2n) is 9.26. The first-order chi connectivity index (χ1) is 11.9. The maximum atomic E-state index is 13.1. The largest absolute Gasteiger partial charge is 0.464 e. The van der Waals surface area contributed by atoms with Gasteiger partial charge in [-0.1, -0.05) is 19.9 Å². The zero-order valence-electron chi connectivity index (χ0n) is 14.8. The van der Waals surface area contributed by atoms with Crippen LogP contribution in [0.15, 0.2) is 12.2 Å². The fourth-order valence-corrected chi connectivity index (χ4v) is 7.22. The van der Waals surface area contributed by atoms with Gasteiger partial charge in [-0.15, -0.1) is 0 Å². The fourth-order valence-electron chi connectivity index (χ4n) is 7.22. The van der Waals surface area contributed by atoms with Gasteiger partial charge in [-0.3, -0.25) is 9.59 Å². The molecule has 5 fully saturated rings. The van der Waals surface area contributed by atoms with Gasteiger partial charge in [-0.2, -0.15) is 0 Å². The Hall–Kier alpha value is -1.20. The summed E-state index contributed by atoms with van der Waals surface area (Å²) in [5.74, 6) is -0.161. The first-order valence-corrected chi connectivity index (χ1v) is 9.57. The minimum absolute atomic E-state index is 0.0113. The average molecular weight is 346 g/mol. The van der Waals surface area contributed by atoms with E-state index < -0.39 is 11.7 Å². The summed E-state index contributed by atoms with van der Waals surface area (Å²) in [6.45, 7) is 6.95. The Morgan fingerprint density at radius 3 is 2.80 bits per heavy atom. The number of Topliss-reactive ketones (excluding diaryl/α,β-unsaturated/α-hetero) is 1. The number of fused-ring (bicyclic) bond motifs is 4. The summed E-state index contributed by atoms with van der Waals surface area (Å²) in [5, 5.41) is 10.5. The van der Waals surface area contributed by atoms with E-state index in [4.69, 9.17) is 9.47 Å². The third kappa shape index (κ3) is 1.63. The first-order valence-electron chi connectivity index (χ1n) is 9.57. The van der Waals surface area contributed by atoms with Crippen molar-refractivity contribution in [2.45, 2.75) is 51.7 Å². The lowest BCUT2D eigenvalue weighted by Gasteiger charge is -2.59. The van der Waals surface area contributed by atoms with E-state index in [-0.39, 0.29) is 40.3 Å². The van der Waals surface area contributed by atoms with Crippen molar-refractivity contribution in [1.29, 1.82) is 0 Å². The molecule has 3 saturated carbocycles. The monoisotopic (exact) mass is 346 g/mol. The Balaban J connectivity index is 1.65. The van der Waals surface area contributed by atoms with Gasteiger partial charge in [0, 0.05) is 16.7 Å². The Morgan fingerprint density at radius 1 is 1.20 bits per heavy atom. The SMILES string of the molecule is C=C1C(=O)[C@]23C[C@H]1CC[C@H]2[C@@]1(CCC[C@]2(C)[C@H]1CO[C@@H]2O)COC3=O. The predicted molar refractivity (Wildman–Crippen MR) is 88.2 cm³/mol. The zero-order valence-corrected chi connectivity index (χ0v) is 14.8. The summed E-state index contributed by atoms with van der Waals surface area (Å²) in [6, 6.07) is 0. The zero-order chi connectivity index (χ0) is 17.6. The quantitative estimate of drug-likeness (QED) is 0.414. The number of carbonyl (C=O) groups is 2. The highest BCUT2D eigenvalue weighted by molar-refractivity contribution is 6.15. The topological polar surface area (TPSA) is 72.8 Å². The molecule has 2 heterocycles. The van der Waals surface area contributed by atoms with Crippen LogP contribution in [0.4, 0.5) is 0 Å². The molecule has 1 N–H and O–H groups in total.